The molecule has 4 N–H and O–H groups in total. The molecule has 0 bridgehead atoms. The van der Waals surface area contributed by atoms with Gasteiger partial charge in [-0.2, -0.15) is 9.97 Å². The molecule has 5 aromatic rings. The summed E-state index contributed by atoms with van der Waals surface area (Å²) in [5.41, 5.74) is 7.51. The lowest BCUT2D eigenvalue weighted by molar-refractivity contribution is 0.578. The first-order chi connectivity index (χ1) is 16.4. The van der Waals surface area contributed by atoms with E-state index in [1.54, 1.807) is 25.1 Å². The van der Waals surface area contributed by atoms with Crippen LogP contribution in [0.2, 0.25) is 0 Å². The zero-order valence-corrected chi connectivity index (χ0v) is 18.3. The van der Waals surface area contributed by atoms with E-state index in [1.807, 2.05) is 6.92 Å². The number of halogens is 2. The van der Waals surface area contributed by atoms with E-state index in [1.165, 1.54) is 10.9 Å². The second kappa shape index (κ2) is 8.18. The van der Waals surface area contributed by atoms with E-state index in [0.717, 1.165) is 18.2 Å². The molecule has 0 aliphatic carbocycles. The molecule has 1 unspecified atom stereocenters. The number of aromatic amines is 1. The van der Waals surface area contributed by atoms with Gasteiger partial charge in [-0.1, -0.05) is 19.1 Å². The number of rotatable bonds is 5. The number of fused-ring (bicyclic) bond motifs is 2. The number of H-pyrrole nitrogens is 1. The van der Waals surface area contributed by atoms with E-state index in [2.05, 4.69) is 25.3 Å². The highest BCUT2D eigenvalue weighted by molar-refractivity contribution is 5.84. The summed E-state index contributed by atoms with van der Waals surface area (Å²) in [6.07, 6.45) is 1.92. The summed E-state index contributed by atoms with van der Waals surface area (Å²) in [5, 5.41) is 3.60. The first kappa shape index (κ1) is 21.4. The van der Waals surface area contributed by atoms with Gasteiger partial charge in [0.25, 0.3) is 5.56 Å². The number of nitrogens with two attached hydrogens (primary N) is 1. The maximum absolute atomic E-state index is 14.1. The normalized spacial score (nSPS) is 12.4. The van der Waals surface area contributed by atoms with Gasteiger partial charge in [0.2, 0.25) is 5.95 Å². The molecule has 1 atom stereocenters. The lowest BCUT2D eigenvalue weighted by Crippen LogP contribution is -2.29. The Morgan fingerprint density at radius 2 is 1.91 bits per heavy atom. The molecule has 3 aromatic heterocycles. The molecule has 34 heavy (non-hydrogen) atoms. The fourth-order valence-electron chi connectivity index (χ4n) is 4.03. The summed E-state index contributed by atoms with van der Waals surface area (Å²) >= 11 is 0. The van der Waals surface area contributed by atoms with Crippen LogP contribution in [0, 0.1) is 18.6 Å². The molecule has 0 aliphatic heterocycles. The molecule has 11 heteroatoms. The van der Waals surface area contributed by atoms with Crippen LogP contribution in [0.1, 0.15) is 30.8 Å². The van der Waals surface area contributed by atoms with Gasteiger partial charge in [0, 0.05) is 6.07 Å². The van der Waals surface area contributed by atoms with Crippen molar-refractivity contribution in [2.75, 3.05) is 11.1 Å². The highest BCUT2D eigenvalue weighted by Crippen LogP contribution is 2.27. The maximum Gasteiger partial charge on any atom is 0.266 e. The summed E-state index contributed by atoms with van der Waals surface area (Å²) in [5.74, 6) is -0.982. The standard InChI is InChI=1S/C23H20F2N8O/c1-3-15(29-20-18-19(28-10-27-18)31-23(26)32-20)21-30-16-6-4-5-11(2)17(16)22(34)33(21)14-8-12(24)7-13(25)9-14/h4-10,15H,3H2,1-2H3,(H4,26,27,28,29,31,32). The van der Waals surface area contributed by atoms with Gasteiger partial charge in [-0.05, 0) is 37.1 Å². The fraction of sp³-hybridized carbons (Fsp3) is 0.174. The average molecular weight is 462 g/mol. The summed E-state index contributed by atoms with van der Waals surface area (Å²) in [6, 6.07) is 7.68. The number of imidazole rings is 1. The quantitative estimate of drug-likeness (QED) is 0.363. The monoisotopic (exact) mass is 462 g/mol. The summed E-state index contributed by atoms with van der Waals surface area (Å²) in [7, 11) is 0. The molecule has 3 heterocycles. The molecular formula is C23H20F2N8O. The molecule has 0 saturated heterocycles. The number of nitrogens with one attached hydrogen (secondary N) is 2. The van der Waals surface area contributed by atoms with Crippen LogP contribution in [0.15, 0.2) is 47.5 Å². The Hall–Kier alpha value is -4.41. The van der Waals surface area contributed by atoms with E-state index in [9.17, 15) is 13.6 Å². The van der Waals surface area contributed by atoms with Crippen molar-refractivity contribution in [1.82, 2.24) is 29.5 Å². The topological polar surface area (TPSA) is 127 Å². The van der Waals surface area contributed by atoms with Crippen LogP contribution in [0.25, 0.3) is 27.8 Å². The molecule has 0 aliphatic rings. The van der Waals surface area contributed by atoms with Crippen molar-refractivity contribution in [2.24, 2.45) is 0 Å². The Morgan fingerprint density at radius 3 is 2.65 bits per heavy atom. The smallest absolute Gasteiger partial charge is 0.266 e. The molecule has 9 nitrogen and oxygen atoms in total. The van der Waals surface area contributed by atoms with Crippen LogP contribution in [0.3, 0.4) is 0 Å². The van der Waals surface area contributed by atoms with Gasteiger partial charge in [0.1, 0.15) is 23.0 Å². The summed E-state index contributed by atoms with van der Waals surface area (Å²) in [4.78, 5) is 33.9. The number of aryl methyl sites for hydroxylation is 1. The molecule has 0 spiro atoms. The van der Waals surface area contributed by atoms with E-state index in [-0.39, 0.29) is 17.5 Å². The third kappa shape index (κ3) is 3.60. The third-order valence-electron chi connectivity index (χ3n) is 5.56. The Kier molecular flexibility index (Phi) is 5.16. The highest BCUT2D eigenvalue weighted by atomic mass is 19.1. The van der Waals surface area contributed by atoms with Crippen molar-refractivity contribution in [3.05, 3.63) is 76.1 Å². The van der Waals surface area contributed by atoms with Crippen molar-refractivity contribution < 1.29 is 8.78 Å². The molecule has 0 amide bonds. The zero-order valence-electron chi connectivity index (χ0n) is 18.3. The van der Waals surface area contributed by atoms with Gasteiger partial charge < -0.3 is 16.0 Å². The predicted octanol–water partition coefficient (Wildman–Crippen LogP) is 3.78. The maximum atomic E-state index is 14.1. The number of anilines is 2. The van der Waals surface area contributed by atoms with Crippen molar-refractivity contribution in [3.63, 3.8) is 0 Å². The number of nitrogens with zero attached hydrogens (tertiary/aromatic N) is 5. The van der Waals surface area contributed by atoms with Gasteiger partial charge in [0.05, 0.1) is 29.0 Å². The van der Waals surface area contributed by atoms with Gasteiger partial charge in [-0.3, -0.25) is 9.36 Å². The summed E-state index contributed by atoms with van der Waals surface area (Å²) < 4.78 is 29.5. The fourth-order valence-corrected chi connectivity index (χ4v) is 4.03. The lowest BCUT2D eigenvalue weighted by Gasteiger charge is -2.22. The minimum atomic E-state index is -0.805. The van der Waals surface area contributed by atoms with E-state index >= 15 is 0 Å². The molecule has 0 saturated carbocycles. The van der Waals surface area contributed by atoms with Crippen molar-refractivity contribution in [2.45, 2.75) is 26.3 Å². The largest absolute Gasteiger partial charge is 0.368 e. The lowest BCUT2D eigenvalue weighted by atomic mass is 10.1. The van der Waals surface area contributed by atoms with Crippen LogP contribution >= 0.6 is 0 Å². The summed E-state index contributed by atoms with van der Waals surface area (Å²) in [6.45, 7) is 3.67. The Bertz CT molecular complexity index is 1590. The molecule has 172 valence electrons. The van der Waals surface area contributed by atoms with Gasteiger partial charge >= 0.3 is 0 Å². The van der Waals surface area contributed by atoms with Crippen molar-refractivity contribution >= 4 is 33.8 Å². The first-order valence-electron chi connectivity index (χ1n) is 10.6. The third-order valence-corrected chi connectivity index (χ3v) is 5.56. The molecule has 5 rings (SSSR count). The van der Waals surface area contributed by atoms with Crippen LogP contribution in [-0.2, 0) is 0 Å². The number of nitrogen functional groups attached to an aromatic ring is 1. The Labute approximate surface area is 191 Å². The van der Waals surface area contributed by atoms with E-state index < -0.39 is 23.2 Å². The second-order valence-corrected chi connectivity index (χ2v) is 7.84. The number of hydrogen-bond acceptors (Lipinski definition) is 7. The number of benzene rings is 2. The SMILES string of the molecule is CCC(Nc1nc(N)nc2[nH]cnc12)c1nc2cccc(C)c2c(=O)n1-c1cc(F)cc(F)c1. The molecule has 0 radical (unpaired) electrons. The average Bonchev–Trinajstić information content (AvgIpc) is 3.25. The minimum absolute atomic E-state index is 0.0285. The first-order valence-corrected chi connectivity index (χ1v) is 10.6. The molecule has 0 fully saturated rings. The van der Waals surface area contributed by atoms with Gasteiger partial charge in [0.15, 0.2) is 11.5 Å². The second-order valence-electron chi connectivity index (χ2n) is 7.84. The van der Waals surface area contributed by atoms with Crippen molar-refractivity contribution in [3.8, 4) is 5.69 Å². The van der Waals surface area contributed by atoms with E-state index in [4.69, 9.17) is 10.7 Å². The molecular weight excluding hydrogens is 442 g/mol. The highest BCUT2D eigenvalue weighted by Gasteiger charge is 2.23. The van der Waals surface area contributed by atoms with Crippen LogP contribution in [-0.4, -0.2) is 29.5 Å². The van der Waals surface area contributed by atoms with Crippen LogP contribution in [0.4, 0.5) is 20.5 Å². The molecule has 2 aromatic carbocycles. The van der Waals surface area contributed by atoms with Crippen LogP contribution in [0.5, 0.6) is 0 Å². The van der Waals surface area contributed by atoms with Crippen molar-refractivity contribution in [1.29, 1.82) is 0 Å². The zero-order chi connectivity index (χ0) is 24.0. The van der Waals surface area contributed by atoms with Crippen LogP contribution < -0.4 is 16.6 Å². The number of hydrogen-bond donors (Lipinski definition) is 3. The predicted molar refractivity (Wildman–Crippen MR) is 125 cm³/mol. The Morgan fingerprint density at radius 1 is 1.15 bits per heavy atom. The number of aromatic nitrogens is 6. The minimum Gasteiger partial charge on any atom is -0.368 e. The Balaban J connectivity index is 1.77. The van der Waals surface area contributed by atoms with Gasteiger partial charge in [-0.25, -0.2) is 18.7 Å². The van der Waals surface area contributed by atoms with Gasteiger partial charge in [-0.15, -0.1) is 0 Å². The van der Waals surface area contributed by atoms with E-state index in [0.29, 0.717) is 39.9 Å².